The van der Waals surface area contributed by atoms with E-state index in [-0.39, 0.29) is 0 Å². The maximum absolute atomic E-state index is 2.41. The molecule has 4 heteroatoms. The number of hydrogen-bond acceptors (Lipinski definition) is 2. The molecule has 2 nitrogen and oxygen atoms in total. The normalized spacial score (nSPS) is 12.0. The van der Waals surface area contributed by atoms with Gasteiger partial charge in [0.25, 0.3) is 0 Å². The van der Waals surface area contributed by atoms with Crippen LogP contribution in [-0.4, -0.2) is 16.1 Å². The minimum absolute atomic E-state index is 1.16. The number of benzene rings is 7. The minimum Gasteiger partial charge on any atom is -0.310 e. The van der Waals surface area contributed by atoms with Crippen LogP contribution < -0.4 is 20.2 Å². The Kier molecular flexibility index (Phi) is 8.79. The summed E-state index contributed by atoms with van der Waals surface area (Å²) in [6, 6.07) is 54.0. The van der Waals surface area contributed by atoms with E-state index < -0.39 is 16.1 Å². The highest BCUT2D eigenvalue weighted by Gasteiger charge is 2.21. The zero-order valence-corrected chi connectivity index (χ0v) is 32.8. The monoisotopic (exact) mass is 684 g/mol. The quantitative estimate of drug-likeness (QED) is 0.116. The summed E-state index contributed by atoms with van der Waals surface area (Å²) in [4.78, 5) is 4.78. The first-order chi connectivity index (χ1) is 23.9. The van der Waals surface area contributed by atoms with Gasteiger partial charge in [-0.2, -0.15) is 0 Å². The molecule has 7 rings (SSSR count). The van der Waals surface area contributed by atoms with Gasteiger partial charge in [-0.15, -0.1) is 0 Å². The van der Waals surface area contributed by atoms with Gasteiger partial charge in [-0.1, -0.05) is 122 Å². The topological polar surface area (TPSA) is 6.48 Å². The summed E-state index contributed by atoms with van der Waals surface area (Å²) >= 11 is 0. The molecule has 0 aliphatic heterocycles. The molecule has 0 aromatic heterocycles. The molecule has 0 saturated carbocycles. The van der Waals surface area contributed by atoms with E-state index in [4.69, 9.17) is 0 Å². The van der Waals surface area contributed by atoms with Crippen molar-refractivity contribution < 1.29 is 0 Å². The number of nitrogens with zero attached hydrogens (tertiary/aromatic N) is 2. The smallest absolute Gasteiger partial charge is 0.0775 e. The van der Waals surface area contributed by atoms with Crippen molar-refractivity contribution in [3.63, 3.8) is 0 Å². The molecule has 0 saturated heterocycles. The van der Waals surface area contributed by atoms with Gasteiger partial charge in [-0.25, -0.2) is 0 Å². The van der Waals surface area contributed by atoms with E-state index in [9.17, 15) is 0 Å². The lowest BCUT2D eigenvalue weighted by Gasteiger charge is -2.28. The molecular weight excluding hydrogens is 637 g/mol. The molecule has 0 amide bonds. The van der Waals surface area contributed by atoms with Crippen LogP contribution >= 0.6 is 0 Å². The third-order valence-corrected chi connectivity index (χ3v) is 14.3. The van der Waals surface area contributed by atoms with Crippen LogP contribution in [0.2, 0.25) is 39.3 Å². The predicted octanol–water partition coefficient (Wildman–Crippen LogP) is 12.6. The summed E-state index contributed by atoms with van der Waals surface area (Å²) in [5.74, 6) is 0. The van der Waals surface area contributed by atoms with E-state index >= 15 is 0 Å². The van der Waals surface area contributed by atoms with Crippen LogP contribution in [0.4, 0.5) is 34.1 Å². The Bertz CT molecular complexity index is 2120. The van der Waals surface area contributed by atoms with Gasteiger partial charge in [0.2, 0.25) is 0 Å². The van der Waals surface area contributed by atoms with Crippen molar-refractivity contribution in [1.29, 1.82) is 0 Å². The van der Waals surface area contributed by atoms with E-state index in [2.05, 4.69) is 209 Å². The van der Waals surface area contributed by atoms with Gasteiger partial charge in [0.1, 0.15) is 0 Å². The largest absolute Gasteiger partial charge is 0.310 e. The van der Waals surface area contributed by atoms with Crippen molar-refractivity contribution in [2.75, 3.05) is 9.80 Å². The summed E-state index contributed by atoms with van der Waals surface area (Å²) < 4.78 is 0. The lowest BCUT2D eigenvalue weighted by molar-refractivity contribution is 1.29. The van der Waals surface area contributed by atoms with Gasteiger partial charge >= 0.3 is 0 Å². The maximum Gasteiger partial charge on any atom is 0.0775 e. The molecule has 0 radical (unpaired) electrons. The van der Waals surface area contributed by atoms with Crippen LogP contribution in [0.3, 0.4) is 0 Å². The third-order valence-electron chi connectivity index (χ3n) is 10.2. The van der Waals surface area contributed by atoms with Gasteiger partial charge in [-0.3, -0.25) is 0 Å². The Morgan fingerprint density at radius 2 is 0.620 bits per heavy atom. The van der Waals surface area contributed by atoms with Crippen LogP contribution in [0.1, 0.15) is 11.1 Å². The highest BCUT2D eigenvalue weighted by Crippen LogP contribution is 2.42. The summed E-state index contributed by atoms with van der Waals surface area (Å²) in [7, 11) is -2.81. The van der Waals surface area contributed by atoms with Gasteiger partial charge in [0.05, 0.1) is 16.1 Å². The van der Waals surface area contributed by atoms with Gasteiger partial charge < -0.3 is 9.80 Å². The van der Waals surface area contributed by atoms with Crippen LogP contribution in [0.15, 0.2) is 146 Å². The molecule has 0 spiro atoms. The minimum atomic E-state index is -1.41. The Labute approximate surface area is 300 Å². The third kappa shape index (κ3) is 6.42. The van der Waals surface area contributed by atoms with Gasteiger partial charge in [0.15, 0.2) is 0 Å². The number of rotatable bonds is 8. The van der Waals surface area contributed by atoms with E-state index in [1.165, 1.54) is 65.8 Å². The number of aryl methyl sites for hydroxylation is 2. The van der Waals surface area contributed by atoms with E-state index in [0.29, 0.717) is 0 Å². The second-order valence-corrected chi connectivity index (χ2v) is 25.8. The van der Waals surface area contributed by atoms with Crippen LogP contribution in [0.5, 0.6) is 0 Å². The fraction of sp³-hybridized carbons (Fsp3) is 0.174. The average molecular weight is 685 g/mol. The maximum atomic E-state index is 2.41. The van der Waals surface area contributed by atoms with Crippen molar-refractivity contribution in [1.82, 2.24) is 0 Å². The summed E-state index contributed by atoms with van der Waals surface area (Å²) in [6.07, 6.45) is 0. The van der Waals surface area contributed by atoms with E-state index in [0.717, 1.165) is 11.4 Å². The average Bonchev–Trinajstić information content (AvgIpc) is 3.11. The molecule has 0 bridgehead atoms. The zero-order valence-electron chi connectivity index (χ0n) is 30.8. The molecule has 0 N–H and O–H groups in total. The molecule has 0 fully saturated rings. The first-order valence-electron chi connectivity index (χ1n) is 17.8. The number of anilines is 6. The molecule has 7 aromatic carbocycles. The molecule has 0 heterocycles. The van der Waals surface area contributed by atoms with Crippen molar-refractivity contribution >= 4 is 82.2 Å². The summed E-state index contributed by atoms with van der Waals surface area (Å²) in [6.45, 7) is 19.0. The Morgan fingerprint density at radius 3 is 0.940 bits per heavy atom. The van der Waals surface area contributed by atoms with Crippen molar-refractivity contribution in [2.45, 2.75) is 53.1 Å². The summed E-state index contributed by atoms with van der Waals surface area (Å²) in [5.41, 5.74) is 9.62. The van der Waals surface area contributed by atoms with Crippen molar-refractivity contribution in [3.05, 3.63) is 157 Å². The highest BCUT2D eigenvalue weighted by atomic mass is 28.3. The molecule has 0 aliphatic carbocycles. The lowest BCUT2D eigenvalue weighted by atomic mass is 9.92. The number of hydrogen-bond donors (Lipinski definition) is 0. The zero-order chi connectivity index (χ0) is 35.2. The Morgan fingerprint density at radius 1 is 0.320 bits per heavy atom. The van der Waals surface area contributed by atoms with Crippen molar-refractivity contribution in [3.8, 4) is 0 Å². The fourth-order valence-corrected chi connectivity index (χ4v) is 9.51. The van der Waals surface area contributed by atoms with Crippen LogP contribution in [0, 0.1) is 13.8 Å². The molecule has 50 heavy (non-hydrogen) atoms. The van der Waals surface area contributed by atoms with Crippen LogP contribution in [-0.2, 0) is 0 Å². The second kappa shape index (κ2) is 13.1. The predicted molar refractivity (Wildman–Crippen MR) is 226 cm³/mol. The molecule has 7 aromatic rings. The van der Waals surface area contributed by atoms with E-state index in [1.807, 2.05) is 0 Å². The van der Waals surface area contributed by atoms with Gasteiger partial charge in [0, 0.05) is 34.1 Å². The standard InChI is InChI=1S/C46H48N2Si2/c1-33-43-29-23-40(48(36-17-13-10-14-18-36)38-21-27-42(28-22-38)50(6,7)8)32-46(43)34(2)44-30-24-39(31-45(33)44)47(35-15-11-9-12-16-35)37-19-25-41(26-20-37)49(3,4)5/h9-32H,1-8H3. The highest BCUT2D eigenvalue weighted by molar-refractivity contribution is 6.89. The Balaban J connectivity index is 1.35. The molecular formula is C46H48N2Si2. The summed E-state index contributed by atoms with van der Waals surface area (Å²) in [5, 5.41) is 8.12. The second-order valence-electron chi connectivity index (χ2n) is 15.6. The molecule has 0 atom stereocenters. The number of para-hydroxylation sites is 2. The lowest BCUT2D eigenvalue weighted by Crippen LogP contribution is -2.37. The SMILES string of the molecule is Cc1c2ccc(N(c3ccccc3)c3ccc([Si](C)(C)C)cc3)cc2c(C)c2ccc(N(c3ccccc3)c3ccc([Si](C)(C)C)cc3)cc12. The fourth-order valence-electron chi connectivity index (χ4n) is 7.18. The first-order valence-corrected chi connectivity index (χ1v) is 24.8. The van der Waals surface area contributed by atoms with Gasteiger partial charge in [-0.05, 0) is 119 Å². The van der Waals surface area contributed by atoms with Crippen molar-refractivity contribution in [2.24, 2.45) is 0 Å². The molecule has 250 valence electrons. The Hall–Kier alpha value is -4.91. The van der Waals surface area contributed by atoms with Crippen LogP contribution in [0.25, 0.3) is 21.5 Å². The molecule has 0 aliphatic rings. The first kappa shape index (κ1) is 33.6. The van der Waals surface area contributed by atoms with E-state index in [1.54, 1.807) is 0 Å². The molecule has 0 unspecified atom stereocenters. The number of fused-ring (bicyclic) bond motifs is 2.